The molecule has 3 nitrogen and oxygen atoms in total. The third-order valence-electron chi connectivity index (χ3n) is 2.02. The van der Waals surface area contributed by atoms with Gasteiger partial charge in [0.05, 0.1) is 10.8 Å². The van der Waals surface area contributed by atoms with Crippen molar-refractivity contribution in [2.75, 3.05) is 12.1 Å². The standard InChI is InChI=1S/C10H11ClO3S/c1-7-5-8(9(12)6-11)3-4-10(7)15(2,13)14/h3-5H,6H2,1-2H3. The normalized spacial score (nSPS) is 11.4. The summed E-state index contributed by atoms with van der Waals surface area (Å²) in [5, 5.41) is 0. The predicted octanol–water partition coefficient (Wildman–Crippen LogP) is 1.82. The summed E-state index contributed by atoms with van der Waals surface area (Å²) < 4.78 is 22.6. The average Bonchev–Trinajstić information content (AvgIpc) is 2.14. The zero-order valence-corrected chi connectivity index (χ0v) is 10.0. The number of carbonyl (C=O) groups excluding carboxylic acids is 1. The number of hydrogen-bond donors (Lipinski definition) is 0. The second kappa shape index (κ2) is 4.33. The van der Waals surface area contributed by atoms with Gasteiger partial charge in [-0.2, -0.15) is 0 Å². The van der Waals surface area contributed by atoms with E-state index in [1.807, 2.05) is 0 Å². The van der Waals surface area contributed by atoms with Crippen LogP contribution < -0.4 is 0 Å². The number of carbonyl (C=O) groups is 1. The molecule has 0 saturated carbocycles. The van der Waals surface area contributed by atoms with E-state index in [-0.39, 0.29) is 16.6 Å². The van der Waals surface area contributed by atoms with Gasteiger partial charge in [0.15, 0.2) is 15.6 Å². The van der Waals surface area contributed by atoms with Crippen molar-refractivity contribution in [2.45, 2.75) is 11.8 Å². The van der Waals surface area contributed by atoms with Crippen molar-refractivity contribution in [3.8, 4) is 0 Å². The van der Waals surface area contributed by atoms with E-state index in [4.69, 9.17) is 11.6 Å². The van der Waals surface area contributed by atoms with Crippen molar-refractivity contribution < 1.29 is 13.2 Å². The van der Waals surface area contributed by atoms with E-state index in [9.17, 15) is 13.2 Å². The molecule has 0 aliphatic heterocycles. The van der Waals surface area contributed by atoms with Gasteiger partial charge in [0.1, 0.15) is 0 Å². The molecule has 0 fully saturated rings. The summed E-state index contributed by atoms with van der Waals surface area (Å²) in [7, 11) is -3.23. The number of benzene rings is 1. The van der Waals surface area contributed by atoms with Crippen LogP contribution in [0.2, 0.25) is 0 Å². The maximum absolute atomic E-state index is 11.3. The Bertz CT molecular complexity index is 491. The van der Waals surface area contributed by atoms with Gasteiger partial charge in [0.25, 0.3) is 0 Å². The summed E-state index contributed by atoms with van der Waals surface area (Å²) in [4.78, 5) is 11.5. The molecule has 0 spiro atoms. The fourth-order valence-electron chi connectivity index (χ4n) is 1.32. The minimum atomic E-state index is -3.23. The molecule has 1 aromatic rings. The lowest BCUT2D eigenvalue weighted by atomic mass is 10.1. The Hall–Kier alpha value is -0.870. The van der Waals surface area contributed by atoms with E-state index in [0.29, 0.717) is 11.1 Å². The number of rotatable bonds is 3. The fourth-order valence-corrected chi connectivity index (χ4v) is 2.43. The van der Waals surface area contributed by atoms with Crippen molar-refractivity contribution >= 4 is 27.2 Å². The van der Waals surface area contributed by atoms with E-state index >= 15 is 0 Å². The number of hydrogen-bond acceptors (Lipinski definition) is 3. The molecule has 1 aromatic carbocycles. The smallest absolute Gasteiger partial charge is 0.177 e. The van der Waals surface area contributed by atoms with E-state index < -0.39 is 9.84 Å². The maximum atomic E-state index is 11.3. The Kier molecular flexibility index (Phi) is 3.52. The Balaban J connectivity index is 3.27. The topological polar surface area (TPSA) is 51.2 Å². The highest BCUT2D eigenvalue weighted by atomic mass is 35.5. The number of halogens is 1. The first-order chi connectivity index (χ1) is 6.86. The minimum absolute atomic E-state index is 0.0995. The number of aryl methyl sites for hydroxylation is 1. The summed E-state index contributed by atoms with van der Waals surface area (Å²) >= 11 is 5.40. The lowest BCUT2D eigenvalue weighted by Gasteiger charge is -2.05. The summed E-state index contributed by atoms with van der Waals surface area (Å²) in [5.74, 6) is -0.308. The van der Waals surface area contributed by atoms with Gasteiger partial charge >= 0.3 is 0 Å². The summed E-state index contributed by atoms with van der Waals surface area (Å²) in [6, 6.07) is 4.46. The first kappa shape index (κ1) is 12.2. The van der Waals surface area contributed by atoms with E-state index in [2.05, 4.69) is 0 Å². The largest absolute Gasteiger partial charge is 0.293 e. The molecular formula is C10H11ClO3S. The summed E-state index contributed by atoms with van der Waals surface area (Å²) in [5.41, 5.74) is 1.00. The second-order valence-corrected chi connectivity index (χ2v) is 5.56. The molecular weight excluding hydrogens is 236 g/mol. The van der Waals surface area contributed by atoms with Gasteiger partial charge in [-0.1, -0.05) is 6.07 Å². The molecule has 1 rings (SSSR count). The maximum Gasteiger partial charge on any atom is 0.177 e. The Morgan fingerprint density at radius 1 is 1.40 bits per heavy atom. The molecule has 0 saturated heterocycles. The first-order valence-corrected chi connectivity index (χ1v) is 6.68. The van der Waals surface area contributed by atoms with Crippen LogP contribution >= 0.6 is 11.6 Å². The molecule has 82 valence electrons. The summed E-state index contributed by atoms with van der Waals surface area (Å²) in [6.07, 6.45) is 1.14. The first-order valence-electron chi connectivity index (χ1n) is 4.26. The molecule has 0 radical (unpaired) electrons. The molecule has 0 aliphatic rings. The lowest BCUT2D eigenvalue weighted by Crippen LogP contribution is -2.04. The van der Waals surface area contributed by atoms with E-state index in [1.165, 1.54) is 12.1 Å². The van der Waals surface area contributed by atoms with Crippen LogP contribution in [0.25, 0.3) is 0 Å². The zero-order chi connectivity index (χ0) is 11.6. The molecule has 0 bridgehead atoms. The Morgan fingerprint density at radius 2 is 2.00 bits per heavy atom. The number of sulfone groups is 1. The highest BCUT2D eigenvalue weighted by molar-refractivity contribution is 7.90. The Labute approximate surface area is 94.0 Å². The van der Waals surface area contributed by atoms with Gasteiger partial charge in [-0.25, -0.2) is 8.42 Å². The van der Waals surface area contributed by atoms with Gasteiger partial charge in [0.2, 0.25) is 0 Å². The van der Waals surface area contributed by atoms with Crippen LogP contribution in [0.3, 0.4) is 0 Å². The van der Waals surface area contributed by atoms with Crippen molar-refractivity contribution in [2.24, 2.45) is 0 Å². The number of ketones is 1. The van der Waals surface area contributed by atoms with Crippen molar-refractivity contribution in [1.29, 1.82) is 0 Å². The van der Waals surface area contributed by atoms with Crippen LogP contribution in [-0.4, -0.2) is 26.3 Å². The van der Waals surface area contributed by atoms with Crippen LogP contribution in [0.15, 0.2) is 23.1 Å². The van der Waals surface area contributed by atoms with Crippen LogP contribution in [0, 0.1) is 6.92 Å². The predicted molar refractivity (Wildman–Crippen MR) is 59.3 cm³/mol. The Morgan fingerprint density at radius 3 is 2.40 bits per heavy atom. The van der Waals surface area contributed by atoms with Crippen LogP contribution in [0.5, 0.6) is 0 Å². The highest BCUT2D eigenvalue weighted by Gasteiger charge is 2.12. The monoisotopic (exact) mass is 246 g/mol. The number of Topliss-reactive ketones (excluding diaryl/α,β-unsaturated/α-hetero) is 1. The minimum Gasteiger partial charge on any atom is -0.293 e. The molecule has 0 heterocycles. The van der Waals surface area contributed by atoms with Crippen molar-refractivity contribution in [1.82, 2.24) is 0 Å². The van der Waals surface area contributed by atoms with Gasteiger partial charge in [-0.05, 0) is 24.6 Å². The van der Waals surface area contributed by atoms with Gasteiger partial charge in [0, 0.05) is 11.8 Å². The van der Waals surface area contributed by atoms with Gasteiger partial charge in [-0.3, -0.25) is 4.79 Å². The quantitative estimate of drug-likeness (QED) is 0.604. The third kappa shape index (κ3) is 2.79. The van der Waals surface area contributed by atoms with E-state index in [1.54, 1.807) is 13.0 Å². The molecule has 0 unspecified atom stereocenters. The average molecular weight is 247 g/mol. The highest BCUT2D eigenvalue weighted by Crippen LogP contribution is 2.17. The molecule has 15 heavy (non-hydrogen) atoms. The molecule has 0 aromatic heterocycles. The number of alkyl halides is 1. The van der Waals surface area contributed by atoms with Gasteiger partial charge < -0.3 is 0 Å². The van der Waals surface area contributed by atoms with Crippen LogP contribution in [0.4, 0.5) is 0 Å². The molecule has 5 heteroatoms. The molecule has 0 aliphatic carbocycles. The van der Waals surface area contributed by atoms with E-state index in [0.717, 1.165) is 6.26 Å². The van der Waals surface area contributed by atoms with Gasteiger partial charge in [-0.15, -0.1) is 11.6 Å². The SMILES string of the molecule is Cc1cc(C(=O)CCl)ccc1S(C)(=O)=O. The molecule has 0 amide bonds. The van der Waals surface area contributed by atoms with Crippen molar-refractivity contribution in [3.63, 3.8) is 0 Å². The van der Waals surface area contributed by atoms with Crippen LogP contribution in [-0.2, 0) is 9.84 Å². The second-order valence-electron chi connectivity index (χ2n) is 3.31. The summed E-state index contributed by atoms with van der Waals surface area (Å²) in [6.45, 7) is 1.65. The third-order valence-corrected chi connectivity index (χ3v) is 3.52. The van der Waals surface area contributed by atoms with Crippen LogP contribution in [0.1, 0.15) is 15.9 Å². The fraction of sp³-hybridized carbons (Fsp3) is 0.300. The molecule has 0 N–H and O–H groups in total. The molecule has 0 atom stereocenters. The lowest BCUT2D eigenvalue weighted by molar-refractivity contribution is 0.102. The zero-order valence-electron chi connectivity index (χ0n) is 8.45. The van der Waals surface area contributed by atoms with Crippen molar-refractivity contribution in [3.05, 3.63) is 29.3 Å².